The zero-order chi connectivity index (χ0) is 6.69. The number of hydrogen-bond donors (Lipinski definition) is 1. The topological polar surface area (TPSA) is 46.3 Å². The summed E-state index contributed by atoms with van der Waals surface area (Å²) in [4.78, 5) is 3.64. The van der Waals surface area contributed by atoms with E-state index in [1.807, 2.05) is 0 Å². The summed E-state index contributed by atoms with van der Waals surface area (Å²) in [5.41, 5.74) is 0. The minimum atomic E-state index is -0.576. The molecule has 0 radical (unpaired) electrons. The molecule has 0 spiro atoms. The van der Waals surface area contributed by atoms with E-state index in [0.717, 1.165) is 0 Å². The van der Waals surface area contributed by atoms with Gasteiger partial charge in [-0.3, -0.25) is 0 Å². The highest BCUT2D eigenvalue weighted by Gasteiger charge is 2.07. The summed E-state index contributed by atoms with van der Waals surface area (Å²) < 4.78 is 4.80. The van der Waals surface area contributed by atoms with E-state index in [1.165, 1.54) is 12.6 Å². The maximum Gasteiger partial charge on any atom is 0.180 e. The summed E-state index contributed by atoms with van der Waals surface area (Å²) in [7, 11) is 0. The summed E-state index contributed by atoms with van der Waals surface area (Å²) in [6.07, 6.45) is 2.21. The van der Waals surface area contributed by atoms with Crippen molar-refractivity contribution in [1.82, 2.24) is 4.98 Å². The average Bonchev–Trinajstić information content (AvgIpc) is 2.37. The molecule has 4 heteroatoms. The Bertz CT molecular complexity index is 163. The number of aliphatic hydroxyl groups is 1. The Morgan fingerprint density at radius 2 is 2.67 bits per heavy atom. The van der Waals surface area contributed by atoms with Crippen LogP contribution in [0.25, 0.3) is 0 Å². The molecule has 1 aromatic rings. The lowest BCUT2D eigenvalue weighted by molar-refractivity contribution is 0.175. The first-order valence-electron chi connectivity index (χ1n) is 2.47. The maximum absolute atomic E-state index is 9.04. The van der Waals surface area contributed by atoms with Gasteiger partial charge in [0.25, 0.3) is 0 Å². The Kier molecular flexibility index (Phi) is 2.24. The highest BCUT2D eigenvalue weighted by Crippen LogP contribution is 2.12. The summed E-state index contributed by atoms with van der Waals surface area (Å²) >= 11 is 3.10. The first-order valence-corrected chi connectivity index (χ1v) is 3.59. The number of hydrogen-bond acceptors (Lipinski definition) is 3. The lowest BCUT2D eigenvalue weighted by atomic mass is 10.3. The molecule has 50 valence electrons. The van der Waals surface area contributed by atoms with Crippen LogP contribution in [0, 0.1) is 0 Å². The van der Waals surface area contributed by atoms with Crippen molar-refractivity contribution in [3.63, 3.8) is 0 Å². The fourth-order valence-corrected chi connectivity index (χ4v) is 0.785. The lowest BCUT2D eigenvalue weighted by Gasteiger charge is -1.98. The van der Waals surface area contributed by atoms with Crippen molar-refractivity contribution in [3.8, 4) is 0 Å². The SMILES string of the molecule is OC(CBr)c1cnco1. The minimum Gasteiger partial charge on any atom is -0.446 e. The van der Waals surface area contributed by atoms with Crippen molar-refractivity contribution in [1.29, 1.82) is 0 Å². The van der Waals surface area contributed by atoms with E-state index in [2.05, 4.69) is 20.9 Å². The van der Waals surface area contributed by atoms with Gasteiger partial charge in [-0.05, 0) is 0 Å². The van der Waals surface area contributed by atoms with E-state index in [9.17, 15) is 0 Å². The minimum absolute atomic E-state index is 0.474. The van der Waals surface area contributed by atoms with Gasteiger partial charge >= 0.3 is 0 Å². The van der Waals surface area contributed by atoms with E-state index in [0.29, 0.717) is 11.1 Å². The van der Waals surface area contributed by atoms with Crippen LogP contribution < -0.4 is 0 Å². The Balaban J connectivity index is 2.65. The summed E-state index contributed by atoms with van der Waals surface area (Å²) in [5.74, 6) is 0.492. The number of nitrogens with zero attached hydrogens (tertiary/aromatic N) is 1. The summed E-state index contributed by atoms with van der Waals surface area (Å²) in [5, 5.41) is 9.51. The molecule has 0 bridgehead atoms. The van der Waals surface area contributed by atoms with Crippen LogP contribution in [0.5, 0.6) is 0 Å². The largest absolute Gasteiger partial charge is 0.446 e. The second-order valence-electron chi connectivity index (χ2n) is 1.57. The molecule has 0 aliphatic rings. The third-order valence-corrected chi connectivity index (χ3v) is 1.54. The van der Waals surface area contributed by atoms with Crippen LogP contribution in [0.1, 0.15) is 11.9 Å². The van der Waals surface area contributed by atoms with Crippen LogP contribution in [0.15, 0.2) is 17.0 Å². The molecule has 3 nitrogen and oxygen atoms in total. The summed E-state index contributed by atoms with van der Waals surface area (Å²) in [6.45, 7) is 0. The van der Waals surface area contributed by atoms with Crippen molar-refractivity contribution < 1.29 is 9.52 Å². The fraction of sp³-hybridized carbons (Fsp3) is 0.400. The molecule has 0 aromatic carbocycles. The molecule has 0 fully saturated rings. The molecule has 0 saturated carbocycles. The molecule has 1 unspecified atom stereocenters. The number of aliphatic hydroxyl groups excluding tert-OH is 1. The van der Waals surface area contributed by atoms with Crippen molar-refractivity contribution >= 4 is 15.9 Å². The van der Waals surface area contributed by atoms with Crippen molar-refractivity contribution in [2.24, 2.45) is 0 Å². The zero-order valence-electron chi connectivity index (χ0n) is 4.62. The first-order chi connectivity index (χ1) is 4.34. The number of oxazole rings is 1. The van der Waals surface area contributed by atoms with E-state index in [1.54, 1.807) is 0 Å². The molecule has 1 rings (SSSR count). The molecule has 1 N–H and O–H groups in total. The molecule has 0 aliphatic heterocycles. The number of halogens is 1. The molecular weight excluding hydrogens is 186 g/mol. The fourth-order valence-electron chi connectivity index (χ4n) is 0.466. The monoisotopic (exact) mass is 191 g/mol. The predicted molar refractivity (Wildman–Crippen MR) is 35.3 cm³/mol. The second kappa shape index (κ2) is 2.98. The van der Waals surface area contributed by atoms with Gasteiger partial charge in [-0.25, -0.2) is 4.98 Å². The Hall–Kier alpha value is -0.350. The third-order valence-electron chi connectivity index (χ3n) is 0.926. The Morgan fingerprint density at radius 3 is 3.11 bits per heavy atom. The van der Waals surface area contributed by atoms with E-state index < -0.39 is 6.10 Å². The standard InChI is InChI=1S/C5H6BrNO2/c6-1-4(8)5-2-7-3-9-5/h2-4,8H,1H2. The van der Waals surface area contributed by atoms with Crippen molar-refractivity contribution in [2.45, 2.75) is 6.10 Å². The smallest absolute Gasteiger partial charge is 0.180 e. The van der Waals surface area contributed by atoms with Gasteiger partial charge in [-0.15, -0.1) is 0 Å². The third kappa shape index (κ3) is 1.53. The van der Waals surface area contributed by atoms with Gasteiger partial charge in [0.1, 0.15) is 6.10 Å². The summed E-state index contributed by atoms with van der Waals surface area (Å²) in [6, 6.07) is 0. The van der Waals surface area contributed by atoms with E-state index in [4.69, 9.17) is 9.52 Å². The maximum atomic E-state index is 9.04. The van der Waals surface area contributed by atoms with Crippen LogP contribution >= 0.6 is 15.9 Å². The zero-order valence-corrected chi connectivity index (χ0v) is 6.21. The molecule has 0 saturated heterocycles. The number of rotatable bonds is 2. The van der Waals surface area contributed by atoms with Crippen LogP contribution in [-0.4, -0.2) is 15.4 Å². The lowest BCUT2D eigenvalue weighted by Crippen LogP contribution is -1.94. The van der Waals surface area contributed by atoms with Gasteiger partial charge in [-0.1, -0.05) is 15.9 Å². The molecule has 1 heterocycles. The average molecular weight is 192 g/mol. The van der Waals surface area contributed by atoms with E-state index >= 15 is 0 Å². The van der Waals surface area contributed by atoms with Crippen LogP contribution in [0.4, 0.5) is 0 Å². The van der Waals surface area contributed by atoms with Gasteiger partial charge in [0.2, 0.25) is 0 Å². The van der Waals surface area contributed by atoms with Gasteiger partial charge in [0.15, 0.2) is 12.2 Å². The Labute approximate surface area is 60.8 Å². The van der Waals surface area contributed by atoms with Gasteiger partial charge < -0.3 is 9.52 Å². The number of aromatic nitrogens is 1. The molecule has 1 aromatic heterocycles. The van der Waals surface area contributed by atoms with Crippen molar-refractivity contribution in [3.05, 3.63) is 18.4 Å². The molecular formula is C5H6BrNO2. The normalized spacial score (nSPS) is 13.6. The molecule has 1 atom stereocenters. The quantitative estimate of drug-likeness (QED) is 0.713. The van der Waals surface area contributed by atoms with Crippen LogP contribution in [0.2, 0.25) is 0 Å². The van der Waals surface area contributed by atoms with E-state index in [-0.39, 0.29) is 0 Å². The van der Waals surface area contributed by atoms with Crippen molar-refractivity contribution in [2.75, 3.05) is 5.33 Å². The second-order valence-corrected chi connectivity index (χ2v) is 2.22. The highest BCUT2D eigenvalue weighted by atomic mass is 79.9. The van der Waals surface area contributed by atoms with Gasteiger partial charge in [0, 0.05) is 5.33 Å². The molecule has 9 heavy (non-hydrogen) atoms. The molecule has 0 amide bonds. The molecule has 0 aliphatic carbocycles. The highest BCUT2D eigenvalue weighted by molar-refractivity contribution is 9.09. The number of alkyl halides is 1. The predicted octanol–water partition coefficient (Wildman–Crippen LogP) is 1.10. The Morgan fingerprint density at radius 1 is 1.89 bits per heavy atom. The van der Waals surface area contributed by atoms with Crippen LogP contribution in [0.3, 0.4) is 0 Å². The van der Waals surface area contributed by atoms with Crippen LogP contribution in [-0.2, 0) is 0 Å². The van der Waals surface area contributed by atoms with Gasteiger partial charge in [0.05, 0.1) is 6.20 Å². The first kappa shape index (κ1) is 6.77. The van der Waals surface area contributed by atoms with Gasteiger partial charge in [-0.2, -0.15) is 0 Å².